The minimum Gasteiger partial charge on any atom is -0.350 e. The van der Waals surface area contributed by atoms with E-state index in [1.807, 2.05) is 0 Å². The number of halogens is 2. The van der Waals surface area contributed by atoms with Crippen molar-refractivity contribution in [3.8, 4) is 0 Å². The van der Waals surface area contributed by atoms with Gasteiger partial charge in [0.2, 0.25) is 0 Å². The van der Waals surface area contributed by atoms with Crippen molar-refractivity contribution in [3.63, 3.8) is 0 Å². The summed E-state index contributed by atoms with van der Waals surface area (Å²) in [5, 5.41) is 3.48. The number of pyridine rings is 1. The quantitative estimate of drug-likeness (QED) is 0.863. The van der Waals surface area contributed by atoms with Crippen molar-refractivity contribution in [1.82, 2.24) is 10.3 Å². The number of hydrogen-bond acceptors (Lipinski definition) is 2. The molecule has 1 aliphatic rings. The molecule has 1 aromatic rings. The van der Waals surface area contributed by atoms with Crippen LogP contribution in [-0.4, -0.2) is 17.4 Å². The second-order valence-corrected chi connectivity index (χ2v) is 6.96. The molecule has 1 aliphatic carbocycles. The monoisotopic (exact) mass is 300 g/mol. The van der Waals surface area contributed by atoms with Crippen LogP contribution in [0.15, 0.2) is 12.1 Å². The standard InChI is InChI=1S/C14H18Cl2N2O/c1-13(2)9(14(13,3)4)7-17-12(19)11-8(15)5-6-10(16)18-11/h5-6,9H,7H2,1-4H3,(H,17,19). The van der Waals surface area contributed by atoms with E-state index >= 15 is 0 Å². The van der Waals surface area contributed by atoms with Gasteiger partial charge in [-0.2, -0.15) is 0 Å². The third-order valence-corrected chi connectivity index (χ3v) is 5.33. The van der Waals surface area contributed by atoms with E-state index < -0.39 is 0 Å². The van der Waals surface area contributed by atoms with Crippen LogP contribution in [0.1, 0.15) is 38.2 Å². The second kappa shape index (κ2) is 4.64. The summed E-state index contributed by atoms with van der Waals surface area (Å²) >= 11 is 11.7. The van der Waals surface area contributed by atoms with E-state index in [9.17, 15) is 4.79 Å². The first-order valence-corrected chi connectivity index (χ1v) is 7.04. The molecule has 104 valence electrons. The number of carbonyl (C=O) groups is 1. The molecule has 0 radical (unpaired) electrons. The Morgan fingerprint density at radius 1 is 1.26 bits per heavy atom. The van der Waals surface area contributed by atoms with E-state index in [1.165, 1.54) is 0 Å². The van der Waals surface area contributed by atoms with Gasteiger partial charge in [-0.3, -0.25) is 4.79 Å². The minimum absolute atomic E-state index is 0.186. The van der Waals surface area contributed by atoms with E-state index in [1.54, 1.807) is 12.1 Å². The van der Waals surface area contributed by atoms with Gasteiger partial charge >= 0.3 is 0 Å². The van der Waals surface area contributed by atoms with Crippen molar-refractivity contribution in [2.75, 3.05) is 6.54 Å². The second-order valence-electron chi connectivity index (χ2n) is 6.17. The molecule has 0 unspecified atom stereocenters. The molecular weight excluding hydrogens is 283 g/mol. The van der Waals surface area contributed by atoms with E-state index in [2.05, 4.69) is 38.0 Å². The SMILES string of the molecule is CC1(C)C(CNC(=O)c2nc(Cl)ccc2Cl)C1(C)C. The van der Waals surface area contributed by atoms with Gasteiger partial charge in [0, 0.05) is 6.54 Å². The van der Waals surface area contributed by atoms with Crippen LogP contribution in [0.5, 0.6) is 0 Å². The van der Waals surface area contributed by atoms with Crippen LogP contribution in [0, 0.1) is 16.7 Å². The van der Waals surface area contributed by atoms with Gasteiger partial charge in [0.05, 0.1) is 5.02 Å². The molecule has 0 saturated heterocycles. The first-order valence-electron chi connectivity index (χ1n) is 6.28. The number of amides is 1. The largest absolute Gasteiger partial charge is 0.350 e. The van der Waals surface area contributed by atoms with Crippen molar-refractivity contribution in [3.05, 3.63) is 28.0 Å². The van der Waals surface area contributed by atoms with Crippen LogP contribution < -0.4 is 5.32 Å². The van der Waals surface area contributed by atoms with E-state index in [4.69, 9.17) is 23.2 Å². The van der Waals surface area contributed by atoms with Crippen molar-refractivity contribution < 1.29 is 4.79 Å². The summed E-state index contributed by atoms with van der Waals surface area (Å²) in [5.74, 6) is 0.188. The number of nitrogens with zero attached hydrogens (tertiary/aromatic N) is 1. The van der Waals surface area contributed by atoms with Gasteiger partial charge < -0.3 is 5.32 Å². The zero-order chi connectivity index (χ0) is 14.4. The predicted octanol–water partition coefficient (Wildman–Crippen LogP) is 3.80. The highest BCUT2D eigenvalue weighted by Crippen LogP contribution is 2.67. The zero-order valence-electron chi connectivity index (χ0n) is 11.6. The van der Waals surface area contributed by atoms with Crippen LogP contribution in [0.3, 0.4) is 0 Å². The molecule has 5 heteroatoms. The molecule has 0 bridgehead atoms. The van der Waals surface area contributed by atoms with Crippen LogP contribution in [0.4, 0.5) is 0 Å². The normalized spacial score (nSPS) is 20.1. The lowest BCUT2D eigenvalue weighted by atomic mass is 10.0. The van der Waals surface area contributed by atoms with Crippen molar-refractivity contribution in [2.24, 2.45) is 16.7 Å². The molecular formula is C14H18Cl2N2O. The topological polar surface area (TPSA) is 42.0 Å². The molecule has 19 heavy (non-hydrogen) atoms. The molecule has 3 nitrogen and oxygen atoms in total. The van der Waals surface area contributed by atoms with Crippen molar-refractivity contribution in [2.45, 2.75) is 27.7 Å². The molecule has 0 aromatic carbocycles. The Balaban J connectivity index is 2.02. The molecule has 0 aliphatic heterocycles. The third kappa shape index (κ3) is 2.46. The molecule has 0 spiro atoms. The minimum atomic E-state index is -0.272. The molecule has 1 fully saturated rings. The summed E-state index contributed by atoms with van der Waals surface area (Å²) in [4.78, 5) is 16.0. The van der Waals surface area contributed by atoms with E-state index in [0.717, 1.165) is 0 Å². The Labute approximate surface area is 123 Å². The number of hydrogen-bond donors (Lipinski definition) is 1. The van der Waals surface area contributed by atoms with Crippen LogP contribution in [0.25, 0.3) is 0 Å². The maximum Gasteiger partial charge on any atom is 0.271 e. The Bertz CT molecular complexity index is 512. The van der Waals surface area contributed by atoms with Crippen molar-refractivity contribution >= 4 is 29.1 Å². The first kappa shape index (κ1) is 14.6. The maximum absolute atomic E-state index is 12.1. The molecule has 1 aromatic heterocycles. The molecule has 0 atom stereocenters. The van der Waals surface area contributed by atoms with E-state index in [-0.39, 0.29) is 27.6 Å². The summed E-state index contributed by atoms with van der Waals surface area (Å²) in [7, 11) is 0. The fraction of sp³-hybridized carbons (Fsp3) is 0.571. The fourth-order valence-corrected chi connectivity index (χ4v) is 3.04. The summed E-state index contributed by atoms with van der Waals surface area (Å²) in [6.07, 6.45) is 0. The highest BCUT2D eigenvalue weighted by molar-refractivity contribution is 6.34. The summed E-state index contributed by atoms with van der Waals surface area (Å²) in [6, 6.07) is 3.14. The predicted molar refractivity (Wildman–Crippen MR) is 77.6 cm³/mol. The van der Waals surface area contributed by atoms with Gasteiger partial charge in [-0.1, -0.05) is 50.9 Å². The highest BCUT2D eigenvalue weighted by Gasteiger charge is 2.64. The van der Waals surface area contributed by atoms with Crippen LogP contribution >= 0.6 is 23.2 Å². The van der Waals surface area contributed by atoms with Gasteiger partial charge in [-0.25, -0.2) is 4.98 Å². The number of aromatic nitrogens is 1. The average molecular weight is 301 g/mol. The molecule has 1 heterocycles. The van der Waals surface area contributed by atoms with Gasteiger partial charge in [0.1, 0.15) is 10.8 Å². The summed E-state index contributed by atoms with van der Waals surface area (Å²) in [5.41, 5.74) is 0.669. The van der Waals surface area contributed by atoms with E-state index in [0.29, 0.717) is 17.5 Å². The maximum atomic E-state index is 12.1. The lowest BCUT2D eigenvalue weighted by Gasteiger charge is -2.07. The van der Waals surface area contributed by atoms with Gasteiger partial charge in [0.25, 0.3) is 5.91 Å². The third-order valence-electron chi connectivity index (χ3n) is 4.81. The molecule has 1 amide bonds. The fourth-order valence-electron chi connectivity index (χ4n) is 2.70. The lowest BCUT2D eigenvalue weighted by Crippen LogP contribution is -2.28. The Morgan fingerprint density at radius 2 is 1.84 bits per heavy atom. The lowest BCUT2D eigenvalue weighted by molar-refractivity contribution is 0.0945. The molecule has 1 N–H and O–H groups in total. The van der Waals surface area contributed by atoms with Gasteiger partial charge in [0.15, 0.2) is 0 Å². The molecule has 1 saturated carbocycles. The Kier molecular flexibility index (Phi) is 3.56. The number of nitrogens with one attached hydrogen (secondary N) is 1. The Hall–Kier alpha value is -0.800. The van der Waals surface area contributed by atoms with Gasteiger partial charge in [-0.15, -0.1) is 0 Å². The zero-order valence-corrected chi connectivity index (χ0v) is 13.1. The van der Waals surface area contributed by atoms with Crippen molar-refractivity contribution in [1.29, 1.82) is 0 Å². The highest BCUT2D eigenvalue weighted by atomic mass is 35.5. The Morgan fingerprint density at radius 3 is 2.37 bits per heavy atom. The number of carbonyl (C=O) groups excluding carboxylic acids is 1. The van der Waals surface area contributed by atoms with Crippen LogP contribution in [-0.2, 0) is 0 Å². The van der Waals surface area contributed by atoms with Gasteiger partial charge in [-0.05, 0) is 28.9 Å². The molecule has 2 rings (SSSR count). The smallest absolute Gasteiger partial charge is 0.271 e. The average Bonchev–Trinajstić information content (AvgIpc) is 2.70. The van der Waals surface area contributed by atoms with Crippen LogP contribution in [0.2, 0.25) is 10.2 Å². The number of rotatable bonds is 3. The first-order chi connectivity index (χ1) is 8.68. The summed E-state index contributed by atoms with van der Waals surface area (Å²) < 4.78 is 0. The summed E-state index contributed by atoms with van der Waals surface area (Å²) in [6.45, 7) is 9.50.